The van der Waals surface area contributed by atoms with Crippen LogP contribution in [0.1, 0.15) is 5.01 Å². The van der Waals surface area contributed by atoms with Crippen LogP contribution in [0.25, 0.3) is 10.2 Å². The lowest BCUT2D eigenvalue weighted by molar-refractivity contribution is -0.117. The first-order valence-electron chi connectivity index (χ1n) is 7.71. The summed E-state index contributed by atoms with van der Waals surface area (Å²) >= 11 is 7.63. The van der Waals surface area contributed by atoms with Crippen LogP contribution in [-0.2, 0) is 11.3 Å². The van der Waals surface area contributed by atoms with Crippen LogP contribution in [0.4, 0.5) is 5.69 Å². The zero-order chi connectivity index (χ0) is 17.8. The van der Waals surface area contributed by atoms with Crippen LogP contribution in [0.2, 0.25) is 5.02 Å². The Balaban J connectivity index is 1.61. The van der Waals surface area contributed by atoms with Crippen molar-refractivity contribution in [3.8, 4) is 5.75 Å². The molecule has 1 N–H and O–H groups in total. The van der Waals surface area contributed by atoms with E-state index in [1.54, 1.807) is 36.6 Å². The Labute approximate surface area is 155 Å². The molecule has 0 aliphatic rings. The van der Waals surface area contributed by atoms with Crippen molar-refractivity contribution in [1.29, 1.82) is 0 Å². The van der Waals surface area contributed by atoms with Crippen molar-refractivity contribution in [2.75, 3.05) is 26.0 Å². The molecule has 0 radical (unpaired) electrons. The summed E-state index contributed by atoms with van der Waals surface area (Å²) in [4.78, 5) is 18.8. The van der Waals surface area contributed by atoms with Gasteiger partial charge in [-0.05, 0) is 37.4 Å². The second-order valence-corrected chi connectivity index (χ2v) is 7.19. The number of anilines is 1. The molecule has 5 nitrogen and oxygen atoms in total. The number of fused-ring (bicyclic) bond motifs is 1. The molecule has 0 aliphatic heterocycles. The van der Waals surface area contributed by atoms with Gasteiger partial charge in [-0.2, -0.15) is 0 Å². The molecule has 0 atom stereocenters. The first-order chi connectivity index (χ1) is 12.0. The standard InChI is InChI=1S/C18H18ClN3O2S/c1-22(11-18-21-13-5-3-4-6-16(13)25-18)10-17(23)20-14-9-12(19)7-8-15(14)24-2/h3-9H,10-11H2,1-2H3,(H,20,23). The molecule has 0 spiro atoms. The van der Waals surface area contributed by atoms with Crippen molar-refractivity contribution in [1.82, 2.24) is 9.88 Å². The number of hydrogen-bond acceptors (Lipinski definition) is 5. The monoisotopic (exact) mass is 375 g/mol. The number of halogens is 1. The fourth-order valence-corrected chi connectivity index (χ4v) is 3.71. The number of nitrogens with zero attached hydrogens (tertiary/aromatic N) is 2. The van der Waals surface area contributed by atoms with Crippen LogP contribution in [0.15, 0.2) is 42.5 Å². The van der Waals surface area contributed by atoms with Gasteiger partial charge in [0, 0.05) is 5.02 Å². The van der Waals surface area contributed by atoms with E-state index in [0.29, 0.717) is 23.0 Å². The molecule has 0 saturated carbocycles. The van der Waals surface area contributed by atoms with Gasteiger partial charge in [-0.15, -0.1) is 11.3 Å². The summed E-state index contributed by atoms with van der Waals surface area (Å²) in [6.07, 6.45) is 0. The van der Waals surface area contributed by atoms with Gasteiger partial charge in [0.25, 0.3) is 0 Å². The molecule has 7 heteroatoms. The number of hydrogen-bond donors (Lipinski definition) is 1. The number of ether oxygens (including phenoxy) is 1. The quantitative estimate of drug-likeness (QED) is 0.706. The number of carbonyl (C=O) groups excluding carboxylic acids is 1. The fourth-order valence-electron chi connectivity index (χ4n) is 2.49. The Morgan fingerprint density at radius 1 is 1.32 bits per heavy atom. The minimum Gasteiger partial charge on any atom is -0.495 e. The van der Waals surface area contributed by atoms with Gasteiger partial charge in [-0.3, -0.25) is 9.69 Å². The maximum atomic E-state index is 12.3. The summed E-state index contributed by atoms with van der Waals surface area (Å²) in [7, 11) is 3.44. The average molecular weight is 376 g/mol. The molecule has 1 heterocycles. The van der Waals surface area contributed by atoms with Crippen LogP contribution in [-0.4, -0.2) is 36.5 Å². The predicted octanol–water partition coefficient (Wildman–Crippen LogP) is 4.03. The summed E-state index contributed by atoms with van der Waals surface area (Å²) in [6, 6.07) is 13.1. The van der Waals surface area contributed by atoms with Crippen LogP contribution in [0.5, 0.6) is 5.75 Å². The van der Waals surface area contributed by atoms with E-state index in [4.69, 9.17) is 16.3 Å². The molecule has 3 aromatic rings. The number of thiazole rings is 1. The Hall–Kier alpha value is -2.15. The van der Waals surface area contributed by atoms with Crippen LogP contribution in [0, 0.1) is 0 Å². The number of likely N-dealkylation sites (N-methyl/N-ethyl adjacent to an activating group) is 1. The lowest BCUT2D eigenvalue weighted by Crippen LogP contribution is -2.29. The number of carbonyl (C=O) groups is 1. The highest BCUT2D eigenvalue weighted by atomic mass is 35.5. The zero-order valence-electron chi connectivity index (χ0n) is 14.0. The topological polar surface area (TPSA) is 54.5 Å². The molecular weight excluding hydrogens is 358 g/mol. The van der Waals surface area contributed by atoms with Crippen LogP contribution >= 0.6 is 22.9 Å². The molecule has 0 saturated heterocycles. The van der Waals surface area contributed by atoms with Crippen LogP contribution in [0.3, 0.4) is 0 Å². The average Bonchev–Trinajstić information content (AvgIpc) is 2.96. The van der Waals surface area contributed by atoms with E-state index in [1.807, 2.05) is 30.1 Å². The summed E-state index contributed by atoms with van der Waals surface area (Å²) in [5.74, 6) is 0.441. The van der Waals surface area contributed by atoms with E-state index in [2.05, 4.69) is 16.4 Å². The lowest BCUT2D eigenvalue weighted by Gasteiger charge is -2.16. The van der Waals surface area contributed by atoms with Crippen molar-refractivity contribution in [3.05, 3.63) is 52.5 Å². The van der Waals surface area contributed by atoms with E-state index >= 15 is 0 Å². The minimum atomic E-state index is -0.135. The fraction of sp³-hybridized carbons (Fsp3) is 0.222. The maximum Gasteiger partial charge on any atom is 0.238 e. The third-order valence-electron chi connectivity index (χ3n) is 3.59. The summed E-state index contributed by atoms with van der Waals surface area (Å²) < 4.78 is 6.39. The van der Waals surface area contributed by atoms with E-state index in [-0.39, 0.29) is 12.5 Å². The molecule has 0 bridgehead atoms. The maximum absolute atomic E-state index is 12.3. The molecule has 130 valence electrons. The first kappa shape index (κ1) is 17.7. The largest absolute Gasteiger partial charge is 0.495 e. The van der Waals surface area contributed by atoms with E-state index in [0.717, 1.165) is 15.2 Å². The number of methoxy groups -OCH3 is 1. The van der Waals surface area contributed by atoms with Crippen LogP contribution < -0.4 is 10.1 Å². The third-order valence-corrected chi connectivity index (χ3v) is 4.85. The number of rotatable bonds is 6. The highest BCUT2D eigenvalue weighted by Gasteiger charge is 2.12. The van der Waals surface area contributed by atoms with Crippen molar-refractivity contribution in [3.63, 3.8) is 0 Å². The summed E-state index contributed by atoms with van der Waals surface area (Å²) in [5.41, 5.74) is 1.55. The Bertz CT molecular complexity index is 864. The van der Waals surface area contributed by atoms with E-state index in [1.165, 1.54) is 0 Å². The van der Waals surface area contributed by atoms with Gasteiger partial charge >= 0.3 is 0 Å². The number of benzene rings is 2. The van der Waals surface area contributed by atoms with Gasteiger partial charge in [0.05, 0.1) is 36.1 Å². The summed E-state index contributed by atoms with van der Waals surface area (Å²) in [5, 5.41) is 4.36. The second-order valence-electron chi connectivity index (χ2n) is 5.64. The van der Waals surface area contributed by atoms with Gasteiger partial charge in [-0.25, -0.2) is 4.98 Å². The number of amides is 1. The van der Waals surface area contributed by atoms with Gasteiger partial charge in [-0.1, -0.05) is 23.7 Å². The van der Waals surface area contributed by atoms with Gasteiger partial charge in [0.2, 0.25) is 5.91 Å². The summed E-state index contributed by atoms with van der Waals surface area (Å²) in [6.45, 7) is 0.852. The zero-order valence-corrected chi connectivity index (χ0v) is 15.5. The molecule has 1 aromatic heterocycles. The predicted molar refractivity (Wildman–Crippen MR) is 103 cm³/mol. The molecule has 0 aliphatic carbocycles. The lowest BCUT2D eigenvalue weighted by atomic mass is 10.3. The minimum absolute atomic E-state index is 0.135. The molecule has 0 fully saturated rings. The van der Waals surface area contributed by atoms with Crippen molar-refractivity contribution in [2.45, 2.75) is 6.54 Å². The number of aromatic nitrogens is 1. The van der Waals surface area contributed by atoms with Crippen molar-refractivity contribution < 1.29 is 9.53 Å². The second kappa shape index (κ2) is 7.82. The molecule has 1 amide bonds. The SMILES string of the molecule is COc1ccc(Cl)cc1NC(=O)CN(C)Cc1nc2ccccc2s1. The van der Waals surface area contributed by atoms with Gasteiger partial charge in [0.15, 0.2) is 0 Å². The van der Waals surface area contributed by atoms with E-state index in [9.17, 15) is 4.79 Å². The molecule has 2 aromatic carbocycles. The van der Waals surface area contributed by atoms with Gasteiger partial charge < -0.3 is 10.1 Å². The highest BCUT2D eigenvalue weighted by molar-refractivity contribution is 7.18. The molecule has 25 heavy (non-hydrogen) atoms. The van der Waals surface area contributed by atoms with Crippen molar-refractivity contribution in [2.24, 2.45) is 0 Å². The third kappa shape index (κ3) is 4.48. The Morgan fingerprint density at radius 2 is 2.12 bits per heavy atom. The van der Waals surface area contributed by atoms with Crippen molar-refractivity contribution >= 4 is 44.7 Å². The first-order valence-corrected chi connectivity index (χ1v) is 8.91. The molecular formula is C18H18ClN3O2S. The molecule has 3 rings (SSSR count). The number of nitrogens with one attached hydrogen (secondary N) is 1. The van der Waals surface area contributed by atoms with E-state index < -0.39 is 0 Å². The highest BCUT2D eigenvalue weighted by Crippen LogP contribution is 2.27. The normalized spacial score (nSPS) is 11.0. The Kier molecular flexibility index (Phi) is 5.53. The Morgan fingerprint density at radius 3 is 2.88 bits per heavy atom. The number of para-hydroxylation sites is 1. The van der Waals surface area contributed by atoms with Gasteiger partial charge in [0.1, 0.15) is 10.8 Å². The smallest absolute Gasteiger partial charge is 0.238 e. The molecule has 0 unspecified atom stereocenters.